The van der Waals surface area contributed by atoms with Gasteiger partial charge in [0, 0.05) is 33.7 Å². The molecule has 8 heteroatoms. The van der Waals surface area contributed by atoms with E-state index in [9.17, 15) is 8.42 Å². The molecular formula is C14H22N4O3S. The van der Waals surface area contributed by atoms with Crippen LogP contribution in [0.2, 0.25) is 0 Å². The van der Waals surface area contributed by atoms with Gasteiger partial charge >= 0.3 is 0 Å². The Morgan fingerprint density at radius 1 is 1.27 bits per heavy atom. The maximum Gasteiger partial charge on any atom is 0.278 e. The van der Waals surface area contributed by atoms with E-state index in [0.717, 1.165) is 9.87 Å². The van der Waals surface area contributed by atoms with Gasteiger partial charge in [0.15, 0.2) is 6.10 Å². The zero-order valence-corrected chi connectivity index (χ0v) is 13.9. The van der Waals surface area contributed by atoms with E-state index in [0.29, 0.717) is 25.4 Å². The van der Waals surface area contributed by atoms with E-state index in [1.807, 2.05) is 18.2 Å². The Kier molecular flexibility index (Phi) is 7.27. The van der Waals surface area contributed by atoms with Crippen LogP contribution < -0.4 is 14.8 Å². The fourth-order valence-electron chi connectivity index (χ4n) is 1.55. The van der Waals surface area contributed by atoms with Gasteiger partial charge in [0.2, 0.25) is 0 Å². The quantitative estimate of drug-likeness (QED) is 0.643. The van der Waals surface area contributed by atoms with Crippen molar-refractivity contribution >= 4 is 10.2 Å². The molecule has 2 N–H and O–H groups in total. The third kappa shape index (κ3) is 6.41. The van der Waals surface area contributed by atoms with Crippen LogP contribution in [0.15, 0.2) is 24.3 Å². The summed E-state index contributed by atoms with van der Waals surface area (Å²) in [6.07, 6.45) is -0.478. The molecule has 0 fully saturated rings. The Labute approximate surface area is 132 Å². The first-order valence-corrected chi connectivity index (χ1v) is 8.32. The van der Waals surface area contributed by atoms with Gasteiger partial charge in [-0.2, -0.15) is 18.0 Å². The van der Waals surface area contributed by atoms with Crippen molar-refractivity contribution in [1.82, 2.24) is 14.3 Å². The normalized spacial score (nSPS) is 12.9. The van der Waals surface area contributed by atoms with Crippen molar-refractivity contribution in [3.05, 3.63) is 29.8 Å². The monoisotopic (exact) mass is 326 g/mol. The molecule has 1 unspecified atom stereocenters. The Hall–Kier alpha value is -1.66. The van der Waals surface area contributed by atoms with E-state index in [-0.39, 0.29) is 0 Å². The predicted octanol–water partition coefficient (Wildman–Crippen LogP) is 0.463. The molecule has 0 aromatic heterocycles. The standard InChI is InChI=1S/C14H22N4O3S/c1-12(10-15)21-14-6-4-13(5-7-14)11-16-8-9-17-22(19,20)18(2)3/h4-7,12,16-17H,8-9,11H2,1-3H3. The number of nitrogens with zero attached hydrogens (tertiary/aromatic N) is 2. The van der Waals surface area contributed by atoms with Crippen LogP contribution in [0.5, 0.6) is 5.75 Å². The van der Waals surface area contributed by atoms with Crippen LogP contribution in [0.3, 0.4) is 0 Å². The lowest BCUT2D eigenvalue weighted by Gasteiger charge is -2.12. The van der Waals surface area contributed by atoms with E-state index in [1.165, 1.54) is 14.1 Å². The number of benzene rings is 1. The smallest absolute Gasteiger partial charge is 0.278 e. The van der Waals surface area contributed by atoms with Crippen molar-refractivity contribution in [2.75, 3.05) is 27.2 Å². The largest absolute Gasteiger partial charge is 0.476 e. The second-order valence-electron chi connectivity index (χ2n) is 4.89. The van der Waals surface area contributed by atoms with Gasteiger partial charge in [0.05, 0.1) is 0 Å². The third-order valence-corrected chi connectivity index (χ3v) is 4.34. The molecule has 7 nitrogen and oxygen atoms in total. The SMILES string of the molecule is CC(C#N)Oc1ccc(CNCCNS(=O)(=O)N(C)C)cc1. The molecule has 0 amide bonds. The highest BCUT2D eigenvalue weighted by atomic mass is 32.2. The highest BCUT2D eigenvalue weighted by Gasteiger charge is 2.10. The van der Waals surface area contributed by atoms with E-state index < -0.39 is 16.3 Å². The van der Waals surface area contributed by atoms with Gasteiger partial charge in [-0.1, -0.05) is 12.1 Å². The van der Waals surface area contributed by atoms with Gasteiger partial charge in [0.1, 0.15) is 11.8 Å². The van der Waals surface area contributed by atoms with Crippen molar-refractivity contribution in [3.63, 3.8) is 0 Å². The highest BCUT2D eigenvalue weighted by Crippen LogP contribution is 2.13. The zero-order valence-electron chi connectivity index (χ0n) is 13.0. The second-order valence-corrected chi connectivity index (χ2v) is 6.86. The molecule has 1 rings (SSSR count). The minimum Gasteiger partial charge on any atom is -0.476 e. The van der Waals surface area contributed by atoms with Gasteiger partial charge in [-0.05, 0) is 24.6 Å². The highest BCUT2D eigenvalue weighted by molar-refractivity contribution is 7.87. The van der Waals surface area contributed by atoms with Crippen LogP contribution in [0.25, 0.3) is 0 Å². The molecule has 0 aliphatic heterocycles. The van der Waals surface area contributed by atoms with E-state index in [4.69, 9.17) is 10.00 Å². The summed E-state index contributed by atoms with van der Waals surface area (Å²) < 4.78 is 31.9. The number of nitrogens with one attached hydrogen (secondary N) is 2. The molecule has 0 saturated heterocycles. The summed E-state index contributed by atoms with van der Waals surface area (Å²) in [5.74, 6) is 0.650. The maximum atomic E-state index is 11.5. The Balaban J connectivity index is 2.30. The fraction of sp³-hybridized carbons (Fsp3) is 0.500. The average Bonchev–Trinajstić information content (AvgIpc) is 2.48. The van der Waals surface area contributed by atoms with E-state index in [1.54, 1.807) is 19.1 Å². The van der Waals surface area contributed by atoms with Crippen LogP contribution in [-0.4, -0.2) is 46.0 Å². The first-order chi connectivity index (χ1) is 10.3. The van der Waals surface area contributed by atoms with Crippen LogP contribution in [-0.2, 0) is 16.8 Å². The average molecular weight is 326 g/mol. The Morgan fingerprint density at radius 3 is 2.45 bits per heavy atom. The molecule has 0 aliphatic carbocycles. The summed E-state index contributed by atoms with van der Waals surface area (Å²) in [6.45, 7) is 3.15. The van der Waals surface area contributed by atoms with Crippen molar-refractivity contribution in [3.8, 4) is 11.8 Å². The molecular weight excluding hydrogens is 304 g/mol. The summed E-state index contributed by atoms with van der Waals surface area (Å²) in [5.41, 5.74) is 1.05. The maximum absolute atomic E-state index is 11.5. The molecule has 1 aromatic carbocycles. The molecule has 0 saturated carbocycles. The molecule has 22 heavy (non-hydrogen) atoms. The molecule has 1 aromatic rings. The van der Waals surface area contributed by atoms with Crippen LogP contribution in [0, 0.1) is 11.3 Å². The zero-order chi connectivity index (χ0) is 16.6. The summed E-state index contributed by atoms with van der Waals surface area (Å²) in [4.78, 5) is 0. The van der Waals surface area contributed by atoms with E-state index >= 15 is 0 Å². The van der Waals surface area contributed by atoms with Crippen LogP contribution in [0.4, 0.5) is 0 Å². The van der Waals surface area contributed by atoms with E-state index in [2.05, 4.69) is 10.0 Å². The summed E-state index contributed by atoms with van der Waals surface area (Å²) in [7, 11) is -0.405. The van der Waals surface area contributed by atoms with Gasteiger partial charge in [-0.25, -0.2) is 4.72 Å². The number of hydrogen-bond acceptors (Lipinski definition) is 5. The number of hydrogen-bond donors (Lipinski definition) is 2. The number of ether oxygens (including phenoxy) is 1. The minimum atomic E-state index is -3.36. The molecule has 1 atom stereocenters. The Morgan fingerprint density at radius 2 is 1.91 bits per heavy atom. The number of nitriles is 1. The van der Waals surface area contributed by atoms with Gasteiger partial charge in [-0.15, -0.1) is 0 Å². The number of rotatable bonds is 9. The van der Waals surface area contributed by atoms with Gasteiger partial charge < -0.3 is 10.1 Å². The van der Waals surface area contributed by atoms with Crippen molar-refractivity contribution in [2.24, 2.45) is 0 Å². The topological polar surface area (TPSA) is 94.5 Å². The predicted molar refractivity (Wildman–Crippen MR) is 84.5 cm³/mol. The molecule has 0 bridgehead atoms. The first-order valence-electron chi connectivity index (χ1n) is 6.88. The van der Waals surface area contributed by atoms with Gasteiger partial charge in [0.25, 0.3) is 10.2 Å². The molecule has 0 spiro atoms. The van der Waals surface area contributed by atoms with Crippen molar-refractivity contribution < 1.29 is 13.2 Å². The van der Waals surface area contributed by atoms with Gasteiger partial charge in [-0.3, -0.25) is 0 Å². The van der Waals surface area contributed by atoms with Crippen molar-refractivity contribution in [1.29, 1.82) is 5.26 Å². The Bertz CT molecular complexity index is 594. The third-order valence-electron chi connectivity index (χ3n) is 2.81. The molecule has 122 valence electrons. The van der Waals surface area contributed by atoms with Crippen LogP contribution >= 0.6 is 0 Å². The lowest BCUT2D eigenvalue weighted by molar-refractivity contribution is 0.276. The fourth-order valence-corrected chi connectivity index (χ4v) is 2.16. The minimum absolute atomic E-state index is 0.321. The summed E-state index contributed by atoms with van der Waals surface area (Å²) in [5, 5.41) is 11.8. The molecule has 0 radical (unpaired) electrons. The molecule has 0 heterocycles. The summed E-state index contributed by atoms with van der Waals surface area (Å²) >= 11 is 0. The first kappa shape index (κ1) is 18.4. The van der Waals surface area contributed by atoms with Crippen LogP contribution in [0.1, 0.15) is 12.5 Å². The molecule has 0 aliphatic rings. The lowest BCUT2D eigenvalue weighted by atomic mass is 10.2. The van der Waals surface area contributed by atoms with Crippen molar-refractivity contribution in [2.45, 2.75) is 19.6 Å². The lowest BCUT2D eigenvalue weighted by Crippen LogP contribution is -2.39. The summed E-state index contributed by atoms with van der Waals surface area (Å²) in [6, 6.07) is 9.41. The second kappa shape index (κ2) is 8.70.